The van der Waals surface area contributed by atoms with Crippen LogP contribution in [-0.4, -0.2) is 167 Å². The molecule has 0 saturated carbocycles. The van der Waals surface area contributed by atoms with E-state index in [0.29, 0.717) is 18.4 Å². The highest BCUT2D eigenvalue weighted by Crippen LogP contribution is 2.17. The van der Waals surface area contributed by atoms with E-state index < -0.39 is 46.8 Å². The van der Waals surface area contributed by atoms with Crippen LogP contribution in [-0.2, 0) is 47.9 Å². The SMILES string of the molecule is CC(C)CC(=O)NC(CCC(=O)O)C(=O)N(CCNC(=O)CCl)CCNC(=O)CCl.CCC(=O)NC(C)(C)CO.CNC(C)(C)COC(C)(C)CC(=O)NCC(=O)O.O=CCBr. The number of alkyl halides is 3. The molecule has 0 radical (unpaired) electrons. The number of hydrogen-bond donors (Lipinski definition) is 9. The van der Waals surface area contributed by atoms with Crippen LogP contribution in [0.15, 0.2) is 0 Å². The maximum Gasteiger partial charge on any atom is 0.322 e. The Morgan fingerprint density at radius 2 is 1.29 bits per heavy atom. The Balaban J connectivity index is -0.000000440. The molecule has 0 aliphatic heterocycles. The summed E-state index contributed by atoms with van der Waals surface area (Å²) in [5, 5.41) is 42.3. The van der Waals surface area contributed by atoms with Gasteiger partial charge in [-0.25, -0.2) is 0 Å². The number of aldehydes is 1. The van der Waals surface area contributed by atoms with Gasteiger partial charge in [0, 0.05) is 51.0 Å². The van der Waals surface area contributed by atoms with Crippen LogP contribution < -0.4 is 31.9 Å². The lowest BCUT2D eigenvalue weighted by atomic mass is 10.0. The van der Waals surface area contributed by atoms with E-state index in [9.17, 15) is 38.4 Å². The maximum atomic E-state index is 13.0. The van der Waals surface area contributed by atoms with E-state index in [4.69, 9.17) is 48.1 Å². The highest BCUT2D eigenvalue weighted by molar-refractivity contribution is 9.09. The topological polar surface area (TPSA) is 299 Å². The fourth-order valence-electron chi connectivity index (χ4n) is 4.08. The summed E-state index contributed by atoms with van der Waals surface area (Å²) in [4.78, 5) is 102. The van der Waals surface area contributed by atoms with Crippen molar-refractivity contribution < 1.29 is 63.2 Å². The quantitative estimate of drug-likeness (QED) is 0.0413. The van der Waals surface area contributed by atoms with Crippen molar-refractivity contribution in [2.45, 2.75) is 117 Å². The molecule has 0 saturated heterocycles. The van der Waals surface area contributed by atoms with Crippen molar-refractivity contribution in [3.8, 4) is 0 Å². The number of carboxylic acids is 2. The molecule has 23 heteroatoms. The van der Waals surface area contributed by atoms with E-state index in [1.54, 1.807) is 34.6 Å². The predicted molar refractivity (Wildman–Crippen MR) is 240 cm³/mol. The Labute approximate surface area is 384 Å². The normalized spacial score (nSPS) is 11.3. The Hall–Kier alpha value is -3.63. The zero-order chi connectivity index (χ0) is 49.1. The lowest BCUT2D eigenvalue weighted by Crippen LogP contribution is -2.52. The number of hydrogen-bond acceptors (Lipinski definition) is 12. The first-order valence-electron chi connectivity index (χ1n) is 19.8. The number of aliphatic hydroxyl groups excluding tert-OH is 1. The summed E-state index contributed by atoms with van der Waals surface area (Å²) < 4.78 is 5.69. The standard InChI is InChI=1S/C18H30Cl2N4O6.C12H24N2O4.C7H15NO2.C2H3BrO/c1-12(2)9-14(25)23-13(3-4-17(28)29)18(30)24(7-5-21-15(26)10-19)8-6-22-16(27)11-20;1-11(2,13-5)8-18-12(3,4)6-9(15)14-7-10(16)17;1-4-6(10)8-7(2,3)5-9;3-1-2-4/h12-13H,3-11H2,1-2H3,(H,21,26)(H,22,27)(H,23,25)(H,28,29);13H,6-8H2,1-5H3,(H,14,15)(H,16,17);9H,4-5H2,1-3H3,(H,8,10);2H,1H2. The third-order valence-corrected chi connectivity index (χ3v) is 8.37. The van der Waals surface area contributed by atoms with Gasteiger partial charge in [0.15, 0.2) is 0 Å². The Morgan fingerprint density at radius 1 is 0.790 bits per heavy atom. The van der Waals surface area contributed by atoms with Crippen LogP contribution in [0.4, 0.5) is 0 Å². The Bertz CT molecular complexity index is 1350. The van der Waals surface area contributed by atoms with Gasteiger partial charge in [-0.05, 0) is 60.9 Å². The van der Waals surface area contributed by atoms with Gasteiger partial charge in [0.25, 0.3) is 0 Å². The number of carbonyl (C=O) groups excluding carboxylic acids is 7. The number of aliphatic carboxylic acids is 2. The lowest BCUT2D eigenvalue weighted by Gasteiger charge is -2.31. The zero-order valence-corrected chi connectivity index (χ0v) is 40.9. The van der Waals surface area contributed by atoms with Gasteiger partial charge < -0.3 is 61.7 Å². The van der Waals surface area contributed by atoms with Crippen molar-refractivity contribution in [1.82, 2.24) is 36.8 Å². The lowest BCUT2D eigenvalue weighted by molar-refractivity contribution is -0.140. The summed E-state index contributed by atoms with van der Waals surface area (Å²) in [6.45, 7) is 17.1. The van der Waals surface area contributed by atoms with Gasteiger partial charge >= 0.3 is 11.9 Å². The second kappa shape index (κ2) is 36.8. The summed E-state index contributed by atoms with van der Waals surface area (Å²) in [5.74, 6) is -4.60. The van der Waals surface area contributed by atoms with Crippen LogP contribution in [0.3, 0.4) is 0 Å². The third kappa shape index (κ3) is 41.7. The molecule has 0 aliphatic carbocycles. The zero-order valence-electron chi connectivity index (χ0n) is 37.8. The molecule has 20 nitrogen and oxygen atoms in total. The average molecular weight is 998 g/mol. The Morgan fingerprint density at radius 3 is 1.66 bits per heavy atom. The van der Waals surface area contributed by atoms with Gasteiger partial charge in [0.1, 0.15) is 30.6 Å². The molecule has 0 aromatic carbocycles. The maximum absolute atomic E-state index is 13.0. The van der Waals surface area contributed by atoms with E-state index in [-0.39, 0.29) is 106 Å². The van der Waals surface area contributed by atoms with E-state index in [1.807, 2.05) is 34.7 Å². The van der Waals surface area contributed by atoms with Crippen molar-refractivity contribution >= 4 is 92.8 Å². The van der Waals surface area contributed by atoms with Crippen LogP contribution in [0.25, 0.3) is 0 Å². The molecular formula is C39H72BrCl2N7O13. The summed E-state index contributed by atoms with van der Waals surface area (Å²) >= 11 is 13.7. The molecule has 1 unspecified atom stereocenters. The fraction of sp³-hybridized carbons (Fsp3) is 0.769. The third-order valence-electron chi connectivity index (χ3n) is 7.62. The van der Waals surface area contributed by atoms with Crippen molar-refractivity contribution in [3.63, 3.8) is 0 Å². The van der Waals surface area contributed by atoms with E-state index >= 15 is 0 Å². The monoisotopic (exact) mass is 995 g/mol. The molecule has 0 aromatic heterocycles. The molecule has 0 aromatic rings. The molecule has 0 fully saturated rings. The van der Waals surface area contributed by atoms with Crippen molar-refractivity contribution in [2.24, 2.45) is 5.92 Å². The summed E-state index contributed by atoms with van der Waals surface area (Å²) in [5.41, 5.74) is -1.28. The van der Waals surface area contributed by atoms with Gasteiger partial charge in [-0.3, -0.25) is 38.4 Å². The molecule has 0 heterocycles. The summed E-state index contributed by atoms with van der Waals surface area (Å²) in [6, 6.07) is -1.04. The van der Waals surface area contributed by atoms with Crippen LogP contribution in [0.5, 0.6) is 0 Å². The minimum atomic E-state index is -1.10. The number of amides is 6. The molecule has 62 heavy (non-hydrogen) atoms. The number of ether oxygens (including phenoxy) is 1. The number of likely N-dealkylation sites (N-methyl/N-ethyl adjacent to an activating group) is 1. The van der Waals surface area contributed by atoms with Crippen LogP contribution in [0.1, 0.15) is 94.4 Å². The van der Waals surface area contributed by atoms with Crippen molar-refractivity contribution in [2.75, 3.05) is 70.1 Å². The van der Waals surface area contributed by atoms with E-state index in [1.165, 1.54) is 4.90 Å². The second-order valence-corrected chi connectivity index (χ2v) is 16.9. The van der Waals surface area contributed by atoms with Gasteiger partial charge in [0.2, 0.25) is 35.4 Å². The Kier molecular flexibility index (Phi) is 38.6. The highest BCUT2D eigenvalue weighted by atomic mass is 79.9. The highest BCUT2D eigenvalue weighted by Gasteiger charge is 2.28. The molecule has 362 valence electrons. The fourth-order valence-corrected chi connectivity index (χ4v) is 4.27. The summed E-state index contributed by atoms with van der Waals surface area (Å²) in [7, 11) is 1.84. The molecule has 6 amide bonds. The molecule has 0 spiro atoms. The first-order chi connectivity index (χ1) is 28.6. The van der Waals surface area contributed by atoms with E-state index in [2.05, 4.69) is 47.8 Å². The number of halogens is 3. The molecular weight excluding hydrogens is 925 g/mol. The smallest absolute Gasteiger partial charge is 0.322 e. The molecule has 0 rings (SSSR count). The summed E-state index contributed by atoms with van der Waals surface area (Å²) in [6.07, 6.45) is 1.17. The average Bonchev–Trinajstić information content (AvgIpc) is 3.19. The van der Waals surface area contributed by atoms with Crippen LogP contribution >= 0.6 is 39.1 Å². The van der Waals surface area contributed by atoms with Gasteiger partial charge in [-0.2, -0.15) is 0 Å². The van der Waals surface area contributed by atoms with Gasteiger partial charge in [-0.15, -0.1) is 23.2 Å². The number of nitrogens with zero attached hydrogens (tertiary/aromatic N) is 1. The van der Waals surface area contributed by atoms with Crippen LogP contribution in [0.2, 0.25) is 0 Å². The molecule has 1 atom stereocenters. The minimum absolute atomic E-state index is 0.0287. The largest absolute Gasteiger partial charge is 0.481 e. The van der Waals surface area contributed by atoms with Crippen molar-refractivity contribution in [3.05, 3.63) is 0 Å². The second-order valence-electron chi connectivity index (χ2n) is 15.7. The molecule has 0 bridgehead atoms. The molecule has 0 aliphatic rings. The van der Waals surface area contributed by atoms with Crippen molar-refractivity contribution in [1.29, 1.82) is 0 Å². The first-order valence-corrected chi connectivity index (χ1v) is 22.0. The van der Waals surface area contributed by atoms with E-state index in [0.717, 1.165) is 6.29 Å². The number of nitrogens with one attached hydrogen (secondary N) is 6. The number of aliphatic hydroxyl groups is 1. The van der Waals surface area contributed by atoms with Gasteiger partial charge in [-0.1, -0.05) is 36.7 Å². The molecule has 9 N–H and O–H groups in total. The predicted octanol–water partition coefficient (Wildman–Crippen LogP) is 1.15. The van der Waals surface area contributed by atoms with Crippen LogP contribution in [0, 0.1) is 5.92 Å². The number of rotatable bonds is 27. The first kappa shape index (κ1) is 65.0. The van der Waals surface area contributed by atoms with Gasteiger partial charge in [0.05, 0.1) is 36.1 Å². The minimum Gasteiger partial charge on any atom is -0.481 e. The number of carboxylic acid groups (broad SMARTS) is 2. The number of carbonyl (C=O) groups is 9.